The number of carbonyl (C=O) groups is 1. The highest BCUT2D eigenvalue weighted by atomic mass is 19.1. The summed E-state index contributed by atoms with van der Waals surface area (Å²) >= 11 is 0. The van der Waals surface area contributed by atoms with E-state index in [9.17, 15) is 10.1 Å². The SMILES string of the molecule is C=CC(=O)N1CCCC(c2nc(-c3ccc(Oc4ncccc4C#N)c(F)c3)n3c(N)nccc23)C1. The van der Waals surface area contributed by atoms with Crippen LogP contribution in [0.5, 0.6) is 11.6 Å². The number of benzene rings is 1. The molecule has 0 bridgehead atoms. The highest BCUT2D eigenvalue weighted by Gasteiger charge is 2.28. The Bertz CT molecular complexity index is 1520. The monoisotopic (exact) mass is 483 g/mol. The van der Waals surface area contributed by atoms with Crippen molar-refractivity contribution in [2.75, 3.05) is 18.8 Å². The zero-order valence-electron chi connectivity index (χ0n) is 19.3. The molecular formula is C26H22FN7O2. The molecule has 0 aliphatic carbocycles. The van der Waals surface area contributed by atoms with Crippen LogP contribution in [-0.2, 0) is 4.79 Å². The van der Waals surface area contributed by atoms with E-state index in [1.54, 1.807) is 27.6 Å². The Morgan fingerprint density at radius 3 is 2.92 bits per heavy atom. The number of aromatic nitrogens is 4. The summed E-state index contributed by atoms with van der Waals surface area (Å²) in [6, 6.07) is 11.3. The van der Waals surface area contributed by atoms with E-state index in [-0.39, 0.29) is 35.0 Å². The van der Waals surface area contributed by atoms with Gasteiger partial charge in [-0.1, -0.05) is 6.58 Å². The lowest BCUT2D eigenvalue weighted by atomic mass is 9.94. The molecule has 1 saturated heterocycles. The molecule has 10 heteroatoms. The Labute approximate surface area is 206 Å². The molecule has 1 aliphatic heterocycles. The average Bonchev–Trinajstić information content (AvgIpc) is 3.31. The van der Waals surface area contributed by atoms with Gasteiger partial charge in [0.2, 0.25) is 17.7 Å². The number of rotatable bonds is 5. The standard InChI is InChI=1S/C26H22FN7O2/c1-2-22(35)33-12-4-6-18(15-33)23-20-9-11-31-26(29)34(20)24(32-23)16-7-8-21(19(27)13-16)36-25-17(14-28)5-3-10-30-25/h2-3,5,7-11,13,18H,1,4,6,12,15H2,(H2,29,31). The summed E-state index contributed by atoms with van der Waals surface area (Å²) in [5.74, 6) is -0.202. The van der Waals surface area contributed by atoms with Gasteiger partial charge in [0, 0.05) is 37.0 Å². The van der Waals surface area contributed by atoms with Crippen molar-refractivity contribution in [3.63, 3.8) is 0 Å². The number of amides is 1. The maximum atomic E-state index is 15.1. The van der Waals surface area contributed by atoms with E-state index in [4.69, 9.17) is 15.5 Å². The van der Waals surface area contributed by atoms with Crippen LogP contribution in [-0.4, -0.2) is 43.2 Å². The van der Waals surface area contributed by atoms with Crippen LogP contribution in [0.2, 0.25) is 0 Å². The van der Waals surface area contributed by atoms with Crippen molar-refractivity contribution in [3.8, 4) is 29.1 Å². The Morgan fingerprint density at radius 1 is 1.28 bits per heavy atom. The van der Waals surface area contributed by atoms with Crippen molar-refractivity contribution in [1.82, 2.24) is 24.3 Å². The Morgan fingerprint density at radius 2 is 2.14 bits per heavy atom. The van der Waals surface area contributed by atoms with Crippen LogP contribution in [0.25, 0.3) is 16.9 Å². The number of likely N-dealkylation sites (tertiary alicyclic amines) is 1. The normalized spacial score (nSPS) is 15.4. The lowest BCUT2D eigenvalue weighted by molar-refractivity contribution is -0.127. The van der Waals surface area contributed by atoms with Gasteiger partial charge in [-0.25, -0.2) is 19.3 Å². The molecule has 3 aromatic heterocycles. The van der Waals surface area contributed by atoms with Crippen LogP contribution >= 0.6 is 0 Å². The van der Waals surface area contributed by atoms with Crippen molar-refractivity contribution in [2.24, 2.45) is 0 Å². The first-order valence-corrected chi connectivity index (χ1v) is 11.4. The first-order valence-electron chi connectivity index (χ1n) is 11.4. The van der Waals surface area contributed by atoms with Crippen molar-refractivity contribution < 1.29 is 13.9 Å². The van der Waals surface area contributed by atoms with Gasteiger partial charge in [0.1, 0.15) is 17.5 Å². The van der Waals surface area contributed by atoms with E-state index in [2.05, 4.69) is 16.5 Å². The topological polar surface area (TPSA) is 122 Å². The number of ether oxygens (including phenoxy) is 1. The molecule has 0 spiro atoms. The average molecular weight is 484 g/mol. The number of hydrogen-bond acceptors (Lipinski definition) is 7. The van der Waals surface area contributed by atoms with Crippen LogP contribution in [0.4, 0.5) is 10.3 Å². The lowest BCUT2D eigenvalue weighted by Crippen LogP contribution is -2.38. The number of nitrogens with two attached hydrogens (primary N) is 1. The van der Waals surface area contributed by atoms with Gasteiger partial charge in [-0.3, -0.25) is 9.20 Å². The molecule has 0 radical (unpaired) electrons. The van der Waals surface area contributed by atoms with Gasteiger partial charge in [0.15, 0.2) is 11.6 Å². The molecule has 1 aromatic carbocycles. The molecule has 5 rings (SSSR count). The van der Waals surface area contributed by atoms with E-state index >= 15 is 4.39 Å². The fraction of sp³-hybridized carbons (Fsp3) is 0.192. The molecule has 180 valence electrons. The lowest BCUT2D eigenvalue weighted by Gasteiger charge is -2.31. The smallest absolute Gasteiger partial charge is 0.245 e. The number of nitrogen functional groups attached to an aromatic ring is 1. The van der Waals surface area contributed by atoms with Crippen LogP contribution in [0.15, 0.2) is 61.4 Å². The molecule has 9 nitrogen and oxygen atoms in total. The van der Waals surface area contributed by atoms with Crippen LogP contribution < -0.4 is 10.5 Å². The van der Waals surface area contributed by atoms with Gasteiger partial charge < -0.3 is 15.4 Å². The van der Waals surface area contributed by atoms with E-state index < -0.39 is 5.82 Å². The third-order valence-corrected chi connectivity index (χ3v) is 6.19. The number of imidazole rings is 1. The van der Waals surface area contributed by atoms with Crippen molar-refractivity contribution in [2.45, 2.75) is 18.8 Å². The number of piperidine rings is 1. The van der Waals surface area contributed by atoms with Gasteiger partial charge in [-0.05, 0) is 55.3 Å². The second-order valence-electron chi connectivity index (χ2n) is 8.39. The van der Waals surface area contributed by atoms with Crippen molar-refractivity contribution >= 4 is 17.4 Å². The summed E-state index contributed by atoms with van der Waals surface area (Å²) in [5, 5.41) is 9.24. The van der Waals surface area contributed by atoms with Gasteiger partial charge in [-0.2, -0.15) is 5.26 Å². The van der Waals surface area contributed by atoms with E-state index in [1.807, 2.05) is 12.1 Å². The van der Waals surface area contributed by atoms with Crippen LogP contribution in [0, 0.1) is 17.1 Å². The minimum absolute atomic E-state index is 0.0181. The molecule has 36 heavy (non-hydrogen) atoms. The van der Waals surface area contributed by atoms with Crippen LogP contribution in [0.1, 0.15) is 30.0 Å². The fourth-order valence-corrected chi connectivity index (χ4v) is 4.49. The van der Waals surface area contributed by atoms with Crippen LogP contribution in [0.3, 0.4) is 0 Å². The summed E-state index contributed by atoms with van der Waals surface area (Å²) in [5.41, 5.74) is 8.40. The minimum Gasteiger partial charge on any atom is -0.435 e. The molecule has 4 aromatic rings. The maximum absolute atomic E-state index is 15.1. The molecule has 2 N–H and O–H groups in total. The quantitative estimate of drug-likeness (QED) is 0.425. The summed E-state index contributed by atoms with van der Waals surface area (Å²) in [4.78, 5) is 27.0. The van der Waals surface area contributed by atoms with E-state index in [0.29, 0.717) is 24.5 Å². The summed E-state index contributed by atoms with van der Waals surface area (Å²) in [6.07, 6.45) is 6.06. The van der Waals surface area contributed by atoms with E-state index in [0.717, 1.165) is 24.1 Å². The Kier molecular flexibility index (Phi) is 6.04. The van der Waals surface area contributed by atoms with Gasteiger partial charge >= 0.3 is 0 Å². The molecule has 4 heterocycles. The number of halogens is 1. The number of hydrogen-bond donors (Lipinski definition) is 1. The third kappa shape index (κ3) is 4.11. The third-order valence-electron chi connectivity index (χ3n) is 6.19. The predicted octanol–water partition coefficient (Wildman–Crippen LogP) is 4.07. The molecule has 1 aliphatic rings. The second kappa shape index (κ2) is 9.46. The summed E-state index contributed by atoms with van der Waals surface area (Å²) in [7, 11) is 0. The Hall–Kier alpha value is -4.78. The van der Waals surface area contributed by atoms with E-state index in [1.165, 1.54) is 30.5 Å². The molecule has 1 amide bonds. The zero-order chi connectivity index (χ0) is 25.2. The number of nitriles is 1. The van der Waals surface area contributed by atoms with Gasteiger partial charge in [0.05, 0.1) is 11.2 Å². The Balaban J connectivity index is 1.53. The number of anilines is 1. The number of pyridine rings is 1. The van der Waals surface area contributed by atoms with Crippen molar-refractivity contribution in [1.29, 1.82) is 5.26 Å². The molecule has 1 fully saturated rings. The number of nitrogens with zero attached hydrogens (tertiary/aromatic N) is 6. The van der Waals surface area contributed by atoms with Gasteiger partial charge in [-0.15, -0.1) is 0 Å². The summed E-state index contributed by atoms with van der Waals surface area (Å²) in [6.45, 7) is 4.76. The molecular weight excluding hydrogens is 461 g/mol. The highest BCUT2D eigenvalue weighted by Crippen LogP contribution is 2.35. The summed E-state index contributed by atoms with van der Waals surface area (Å²) < 4.78 is 22.4. The number of fused-ring (bicyclic) bond motifs is 1. The number of carbonyl (C=O) groups excluding carboxylic acids is 1. The maximum Gasteiger partial charge on any atom is 0.245 e. The fourth-order valence-electron chi connectivity index (χ4n) is 4.49. The zero-order valence-corrected chi connectivity index (χ0v) is 19.3. The van der Waals surface area contributed by atoms with Gasteiger partial charge in [0.25, 0.3) is 0 Å². The second-order valence-corrected chi connectivity index (χ2v) is 8.39. The predicted molar refractivity (Wildman–Crippen MR) is 131 cm³/mol. The molecule has 0 saturated carbocycles. The molecule has 1 unspecified atom stereocenters. The first kappa shape index (κ1) is 23.0. The molecule has 1 atom stereocenters. The largest absolute Gasteiger partial charge is 0.435 e. The first-order chi connectivity index (χ1) is 17.5. The minimum atomic E-state index is -0.650. The van der Waals surface area contributed by atoms with Crippen molar-refractivity contribution in [3.05, 3.63) is 78.5 Å². The highest BCUT2D eigenvalue weighted by molar-refractivity contribution is 5.87.